The molecule has 1 unspecified atom stereocenters. The summed E-state index contributed by atoms with van der Waals surface area (Å²) in [7, 11) is 0. The van der Waals surface area contributed by atoms with Gasteiger partial charge in [-0.15, -0.1) is 0 Å². The van der Waals surface area contributed by atoms with Crippen molar-refractivity contribution in [2.24, 2.45) is 11.7 Å². The first-order chi connectivity index (χ1) is 9.82. The van der Waals surface area contributed by atoms with E-state index in [4.69, 9.17) is 5.73 Å². The minimum absolute atomic E-state index is 0.00345. The number of amides is 3. The number of nitrogens with two attached hydrogens (primary N) is 1. The minimum atomic E-state index is -0.638. The summed E-state index contributed by atoms with van der Waals surface area (Å²) in [6.45, 7) is 6.65. The minimum Gasteiger partial charge on any atom is -0.346 e. The van der Waals surface area contributed by atoms with E-state index in [-0.39, 0.29) is 30.2 Å². The summed E-state index contributed by atoms with van der Waals surface area (Å²) < 4.78 is 0. The Bertz CT molecular complexity index is 392. The van der Waals surface area contributed by atoms with E-state index in [9.17, 15) is 14.4 Å². The van der Waals surface area contributed by atoms with Crippen molar-refractivity contribution in [1.29, 1.82) is 0 Å². The normalized spacial score (nSPS) is 17.5. The standard InChI is InChI=1S/C14H26N4O3/c1-9(2)12(15)13(20)16-8-11(19)17-10(3)14(21)18-6-4-5-7-18/h9-10,12H,4-8,15H2,1-3H3,(H,16,20)(H,17,19)/t10?,12-/m0/s1. The third-order valence-electron chi connectivity index (χ3n) is 3.61. The maximum Gasteiger partial charge on any atom is 0.244 e. The van der Waals surface area contributed by atoms with Crippen LogP contribution in [0.4, 0.5) is 0 Å². The van der Waals surface area contributed by atoms with Gasteiger partial charge in [-0.3, -0.25) is 14.4 Å². The van der Waals surface area contributed by atoms with Crippen LogP contribution in [0.25, 0.3) is 0 Å². The zero-order chi connectivity index (χ0) is 16.0. The van der Waals surface area contributed by atoms with Crippen LogP contribution in [0.2, 0.25) is 0 Å². The summed E-state index contributed by atoms with van der Waals surface area (Å²) in [5, 5.41) is 5.07. The Balaban J connectivity index is 2.32. The van der Waals surface area contributed by atoms with Crippen molar-refractivity contribution < 1.29 is 14.4 Å². The van der Waals surface area contributed by atoms with Crippen LogP contribution < -0.4 is 16.4 Å². The van der Waals surface area contributed by atoms with Crippen LogP contribution in [0, 0.1) is 5.92 Å². The van der Waals surface area contributed by atoms with Crippen LogP contribution in [0.3, 0.4) is 0 Å². The zero-order valence-electron chi connectivity index (χ0n) is 13.0. The second kappa shape index (κ2) is 7.97. The van der Waals surface area contributed by atoms with E-state index in [0.717, 1.165) is 25.9 Å². The lowest BCUT2D eigenvalue weighted by atomic mass is 10.1. The van der Waals surface area contributed by atoms with E-state index < -0.39 is 12.1 Å². The van der Waals surface area contributed by atoms with Gasteiger partial charge in [-0.1, -0.05) is 13.8 Å². The van der Waals surface area contributed by atoms with Gasteiger partial charge in [-0.2, -0.15) is 0 Å². The molecule has 1 heterocycles. The highest BCUT2D eigenvalue weighted by molar-refractivity contribution is 5.90. The molecule has 1 fully saturated rings. The van der Waals surface area contributed by atoms with Crippen LogP contribution in [0.1, 0.15) is 33.6 Å². The second-order valence-electron chi connectivity index (χ2n) is 5.81. The summed E-state index contributed by atoms with van der Waals surface area (Å²) in [6, 6.07) is -1.22. The third kappa shape index (κ3) is 5.34. The van der Waals surface area contributed by atoms with Crippen molar-refractivity contribution >= 4 is 17.7 Å². The third-order valence-corrected chi connectivity index (χ3v) is 3.61. The molecule has 1 saturated heterocycles. The van der Waals surface area contributed by atoms with E-state index in [2.05, 4.69) is 10.6 Å². The number of carbonyl (C=O) groups is 3. The Kier molecular flexibility index (Phi) is 6.61. The van der Waals surface area contributed by atoms with Gasteiger partial charge >= 0.3 is 0 Å². The molecule has 0 aromatic rings. The van der Waals surface area contributed by atoms with Gasteiger partial charge in [0, 0.05) is 13.1 Å². The number of likely N-dealkylation sites (tertiary alicyclic amines) is 1. The quantitative estimate of drug-likeness (QED) is 0.598. The molecule has 0 aromatic carbocycles. The molecule has 21 heavy (non-hydrogen) atoms. The van der Waals surface area contributed by atoms with Gasteiger partial charge in [0.1, 0.15) is 6.04 Å². The Morgan fingerprint density at radius 3 is 2.24 bits per heavy atom. The van der Waals surface area contributed by atoms with Gasteiger partial charge in [0.25, 0.3) is 0 Å². The lowest BCUT2D eigenvalue weighted by Crippen LogP contribution is -2.51. The van der Waals surface area contributed by atoms with Crippen LogP contribution in [-0.4, -0.2) is 54.3 Å². The van der Waals surface area contributed by atoms with Crippen LogP contribution in [0.5, 0.6) is 0 Å². The number of nitrogens with one attached hydrogen (secondary N) is 2. The van der Waals surface area contributed by atoms with Crippen molar-refractivity contribution in [2.45, 2.75) is 45.7 Å². The van der Waals surface area contributed by atoms with Crippen molar-refractivity contribution in [3.8, 4) is 0 Å². The molecule has 0 saturated carbocycles. The van der Waals surface area contributed by atoms with Crippen molar-refractivity contribution in [3.63, 3.8) is 0 Å². The van der Waals surface area contributed by atoms with Crippen LogP contribution in [-0.2, 0) is 14.4 Å². The molecular formula is C14H26N4O3. The van der Waals surface area contributed by atoms with E-state index in [1.165, 1.54) is 0 Å². The molecule has 1 aliphatic rings. The van der Waals surface area contributed by atoms with Gasteiger partial charge in [0.15, 0.2) is 0 Å². The van der Waals surface area contributed by atoms with Crippen LogP contribution >= 0.6 is 0 Å². The van der Waals surface area contributed by atoms with E-state index in [1.54, 1.807) is 11.8 Å². The van der Waals surface area contributed by atoms with Gasteiger partial charge in [-0.05, 0) is 25.7 Å². The monoisotopic (exact) mass is 298 g/mol. The molecule has 0 aliphatic carbocycles. The number of nitrogens with zero attached hydrogens (tertiary/aromatic N) is 1. The second-order valence-corrected chi connectivity index (χ2v) is 5.81. The molecule has 3 amide bonds. The largest absolute Gasteiger partial charge is 0.346 e. The van der Waals surface area contributed by atoms with E-state index >= 15 is 0 Å². The molecule has 0 radical (unpaired) electrons. The zero-order valence-corrected chi connectivity index (χ0v) is 13.0. The summed E-state index contributed by atoms with van der Waals surface area (Å²) >= 11 is 0. The SMILES string of the molecule is CC(NC(=O)CNC(=O)[C@@H](N)C(C)C)C(=O)N1CCCC1. The Morgan fingerprint density at radius 2 is 1.71 bits per heavy atom. The van der Waals surface area contributed by atoms with Crippen LogP contribution in [0.15, 0.2) is 0 Å². The van der Waals surface area contributed by atoms with Gasteiger partial charge < -0.3 is 21.3 Å². The molecule has 0 bridgehead atoms. The van der Waals surface area contributed by atoms with E-state index in [0.29, 0.717) is 0 Å². The fourth-order valence-corrected chi connectivity index (χ4v) is 2.15. The molecule has 7 heteroatoms. The highest BCUT2D eigenvalue weighted by Crippen LogP contribution is 2.08. The molecular weight excluding hydrogens is 272 g/mol. The summed E-state index contributed by atoms with van der Waals surface area (Å²) in [4.78, 5) is 37.1. The molecule has 1 aliphatic heterocycles. The first kappa shape index (κ1) is 17.4. The van der Waals surface area contributed by atoms with E-state index in [1.807, 2.05) is 13.8 Å². The summed E-state index contributed by atoms with van der Waals surface area (Å²) in [6.07, 6.45) is 2.02. The first-order valence-corrected chi connectivity index (χ1v) is 7.44. The smallest absolute Gasteiger partial charge is 0.244 e. The molecule has 7 nitrogen and oxygen atoms in total. The first-order valence-electron chi connectivity index (χ1n) is 7.44. The molecule has 1 rings (SSSR count). The molecule has 0 aromatic heterocycles. The molecule has 2 atom stereocenters. The predicted molar refractivity (Wildman–Crippen MR) is 79.2 cm³/mol. The number of rotatable bonds is 6. The number of hydrogen-bond donors (Lipinski definition) is 3. The lowest BCUT2D eigenvalue weighted by molar-refractivity contribution is -0.135. The number of carbonyl (C=O) groups excluding carboxylic acids is 3. The highest BCUT2D eigenvalue weighted by Gasteiger charge is 2.24. The Hall–Kier alpha value is -1.63. The molecule has 4 N–H and O–H groups in total. The maximum atomic E-state index is 12.0. The van der Waals surface area contributed by atoms with Gasteiger partial charge in [0.2, 0.25) is 17.7 Å². The Labute approximate surface area is 125 Å². The lowest BCUT2D eigenvalue weighted by Gasteiger charge is -2.21. The fraction of sp³-hybridized carbons (Fsp3) is 0.786. The maximum absolute atomic E-state index is 12.0. The fourth-order valence-electron chi connectivity index (χ4n) is 2.15. The van der Waals surface area contributed by atoms with Gasteiger partial charge in [-0.25, -0.2) is 0 Å². The average molecular weight is 298 g/mol. The molecule has 0 spiro atoms. The highest BCUT2D eigenvalue weighted by atomic mass is 16.2. The van der Waals surface area contributed by atoms with Crippen molar-refractivity contribution in [3.05, 3.63) is 0 Å². The Morgan fingerprint density at radius 1 is 1.14 bits per heavy atom. The van der Waals surface area contributed by atoms with Crippen molar-refractivity contribution in [2.75, 3.05) is 19.6 Å². The topological polar surface area (TPSA) is 105 Å². The van der Waals surface area contributed by atoms with Gasteiger partial charge in [0.05, 0.1) is 12.6 Å². The predicted octanol–water partition coefficient (Wildman–Crippen LogP) is -0.787. The summed E-state index contributed by atoms with van der Waals surface area (Å²) in [5.41, 5.74) is 5.67. The molecule has 120 valence electrons. The number of hydrogen-bond acceptors (Lipinski definition) is 4. The summed E-state index contributed by atoms with van der Waals surface area (Å²) in [5.74, 6) is -0.826. The van der Waals surface area contributed by atoms with Crippen molar-refractivity contribution in [1.82, 2.24) is 15.5 Å². The average Bonchev–Trinajstić information content (AvgIpc) is 2.96.